The van der Waals surface area contributed by atoms with Gasteiger partial charge in [-0.25, -0.2) is 0 Å². The van der Waals surface area contributed by atoms with E-state index in [1.165, 1.54) is 0 Å². The van der Waals surface area contributed by atoms with Crippen molar-refractivity contribution in [2.45, 2.75) is 25.7 Å². The summed E-state index contributed by atoms with van der Waals surface area (Å²) in [4.78, 5) is 10.7. The summed E-state index contributed by atoms with van der Waals surface area (Å²) < 4.78 is 0. The van der Waals surface area contributed by atoms with Gasteiger partial charge in [0.2, 0.25) is 5.91 Å². The van der Waals surface area contributed by atoms with Crippen LogP contribution in [0, 0.1) is 0 Å². The first-order valence-corrected chi connectivity index (χ1v) is 2.99. The van der Waals surface area contributed by atoms with Crippen molar-refractivity contribution in [2.75, 3.05) is 0 Å². The van der Waals surface area contributed by atoms with E-state index >= 15 is 0 Å². The smallest absolute Gasteiger partial charge is 0.224 e. The molecular weight excluding hydrogens is 150 g/mol. The Morgan fingerprint density at radius 1 is 1.55 bits per heavy atom. The van der Waals surface area contributed by atoms with Gasteiger partial charge in [0.1, 0.15) is 0 Å². The zero-order valence-corrected chi connectivity index (χ0v) is 6.35. The standard InChI is InChI=1S/C5H11N3O.2H2O/c1-3-7-4(6)2-5(9)8-3;;/h3-4,7H,2,6H2,1H3,(H,8,9);2*1H2. The molecule has 1 heterocycles. The van der Waals surface area contributed by atoms with Crippen molar-refractivity contribution in [1.29, 1.82) is 0 Å². The first-order valence-electron chi connectivity index (χ1n) is 2.99. The highest BCUT2D eigenvalue weighted by molar-refractivity contribution is 5.77. The fourth-order valence-corrected chi connectivity index (χ4v) is 0.922. The van der Waals surface area contributed by atoms with Crippen LogP contribution in [0.2, 0.25) is 0 Å². The molecule has 8 N–H and O–H groups in total. The second-order valence-electron chi connectivity index (χ2n) is 2.27. The van der Waals surface area contributed by atoms with Crippen molar-refractivity contribution < 1.29 is 15.7 Å². The summed E-state index contributed by atoms with van der Waals surface area (Å²) in [6, 6.07) is 0. The number of carbonyl (C=O) groups excluding carboxylic acids is 1. The van der Waals surface area contributed by atoms with Crippen LogP contribution in [-0.2, 0) is 4.79 Å². The maximum atomic E-state index is 10.7. The van der Waals surface area contributed by atoms with Gasteiger partial charge in [-0.15, -0.1) is 0 Å². The van der Waals surface area contributed by atoms with Crippen LogP contribution in [0.25, 0.3) is 0 Å². The molecule has 11 heavy (non-hydrogen) atoms. The number of carbonyl (C=O) groups is 1. The van der Waals surface area contributed by atoms with E-state index in [-0.39, 0.29) is 29.2 Å². The number of nitrogens with one attached hydrogen (secondary N) is 2. The number of rotatable bonds is 0. The van der Waals surface area contributed by atoms with Gasteiger partial charge in [-0.1, -0.05) is 0 Å². The molecule has 0 aromatic heterocycles. The molecule has 1 aliphatic rings. The third-order valence-electron chi connectivity index (χ3n) is 1.25. The Morgan fingerprint density at radius 2 is 2.09 bits per heavy atom. The van der Waals surface area contributed by atoms with Crippen LogP contribution in [0.4, 0.5) is 0 Å². The topological polar surface area (TPSA) is 130 Å². The number of hydrogen-bond acceptors (Lipinski definition) is 3. The zero-order valence-electron chi connectivity index (χ0n) is 6.35. The molecule has 6 nitrogen and oxygen atoms in total. The molecule has 0 aromatic carbocycles. The molecule has 1 fully saturated rings. The van der Waals surface area contributed by atoms with Gasteiger partial charge in [-0.2, -0.15) is 0 Å². The van der Waals surface area contributed by atoms with Crippen LogP contribution in [0.3, 0.4) is 0 Å². The van der Waals surface area contributed by atoms with Crippen molar-refractivity contribution in [1.82, 2.24) is 10.6 Å². The Kier molecular flexibility index (Phi) is 5.91. The minimum Gasteiger partial charge on any atom is -0.412 e. The average Bonchev–Trinajstić information content (AvgIpc) is 1.59. The van der Waals surface area contributed by atoms with Gasteiger partial charge in [0, 0.05) is 0 Å². The maximum absolute atomic E-state index is 10.7. The molecule has 1 amide bonds. The second kappa shape index (κ2) is 5.03. The molecule has 1 rings (SSSR count). The number of hydrogen-bond donors (Lipinski definition) is 3. The third-order valence-corrected chi connectivity index (χ3v) is 1.25. The quantitative estimate of drug-likeness (QED) is 0.355. The van der Waals surface area contributed by atoms with Gasteiger partial charge in [-0.05, 0) is 6.92 Å². The van der Waals surface area contributed by atoms with Gasteiger partial charge in [0.05, 0.1) is 18.8 Å². The maximum Gasteiger partial charge on any atom is 0.224 e. The molecule has 0 aromatic rings. The molecule has 6 heteroatoms. The highest BCUT2D eigenvalue weighted by atomic mass is 16.2. The van der Waals surface area contributed by atoms with Crippen LogP contribution >= 0.6 is 0 Å². The van der Waals surface area contributed by atoms with Crippen molar-refractivity contribution in [3.05, 3.63) is 0 Å². The van der Waals surface area contributed by atoms with E-state index in [1.54, 1.807) is 0 Å². The fourth-order valence-electron chi connectivity index (χ4n) is 0.922. The first kappa shape index (κ1) is 12.9. The van der Waals surface area contributed by atoms with Crippen LogP contribution in [0.15, 0.2) is 0 Å². The fraction of sp³-hybridized carbons (Fsp3) is 0.800. The van der Waals surface area contributed by atoms with Gasteiger partial charge in [0.15, 0.2) is 0 Å². The summed E-state index contributed by atoms with van der Waals surface area (Å²) in [5.74, 6) is 0.0220. The third kappa shape index (κ3) is 3.89. The van der Waals surface area contributed by atoms with Crippen LogP contribution in [0.5, 0.6) is 0 Å². The first-order chi connectivity index (χ1) is 4.18. The molecular formula is C5H15N3O3. The van der Waals surface area contributed by atoms with Gasteiger partial charge in [0.25, 0.3) is 0 Å². The number of amides is 1. The Morgan fingerprint density at radius 3 is 2.45 bits per heavy atom. The van der Waals surface area contributed by atoms with E-state index in [1.807, 2.05) is 6.92 Å². The molecule has 68 valence electrons. The predicted octanol–water partition coefficient (Wildman–Crippen LogP) is -2.92. The summed E-state index contributed by atoms with van der Waals surface area (Å²) in [5.41, 5.74) is 5.44. The predicted molar refractivity (Wildman–Crippen MR) is 40.6 cm³/mol. The van der Waals surface area contributed by atoms with E-state index < -0.39 is 0 Å². The van der Waals surface area contributed by atoms with Crippen LogP contribution in [-0.4, -0.2) is 29.2 Å². The minimum atomic E-state index is -0.172. The lowest BCUT2D eigenvalue weighted by Gasteiger charge is -2.26. The van der Waals surface area contributed by atoms with E-state index in [0.29, 0.717) is 6.42 Å². The van der Waals surface area contributed by atoms with E-state index in [0.717, 1.165) is 0 Å². The summed E-state index contributed by atoms with van der Waals surface area (Å²) in [7, 11) is 0. The summed E-state index contributed by atoms with van der Waals surface area (Å²) in [6.07, 6.45) is 0.222. The van der Waals surface area contributed by atoms with Gasteiger partial charge >= 0.3 is 0 Å². The summed E-state index contributed by atoms with van der Waals surface area (Å²) >= 11 is 0. The largest absolute Gasteiger partial charge is 0.412 e. The normalized spacial score (nSPS) is 29.5. The molecule has 2 unspecified atom stereocenters. The monoisotopic (exact) mass is 165 g/mol. The lowest BCUT2D eigenvalue weighted by atomic mass is 10.2. The SMILES string of the molecule is CC1NC(=O)CC(N)N1.O.O. The van der Waals surface area contributed by atoms with E-state index in [4.69, 9.17) is 5.73 Å². The molecule has 1 saturated heterocycles. The summed E-state index contributed by atoms with van der Waals surface area (Å²) in [6.45, 7) is 1.86. The van der Waals surface area contributed by atoms with Crippen molar-refractivity contribution in [3.63, 3.8) is 0 Å². The van der Waals surface area contributed by atoms with Crippen molar-refractivity contribution >= 4 is 5.91 Å². The van der Waals surface area contributed by atoms with Crippen molar-refractivity contribution in [3.8, 4) is 0 Å². The number of nitrogens with two attached hydrogens (primary N) is 1. The highest BCUT2D eigenvalue weighted by Gasteiger charge is 2.18. The lowest BCUT2D eigenvalue weighted by Crippen LogP contribution is -2.57. The molecule has 0 spiro atoms. The molecule has 0 radical (unpaired) electrons. The Bertz CT molecular complexity index is 118. The van der Waals surface area contributed by atoms with E-state index in [2.05, 4.69) is 10.6 Å². The van der Waals surface area contributed by atoms with Gasteiger partial charge in [-0.3, -0.25) is 10.1 Å². The molecule has 0 bridgehead atoms. The van der Waals surface area contributed by atoms with Crippen molar-refractivity contribution in [2.24, 2.45) is 5.73 Å². The van der Waals surface area contributed by atoms with Crippen LogP contribution < -0.4 is 16.4 Å². The average molecular weight is 165 g/mol. The van der Waals surface area contributed by atoms with E-state index in [9.17, 15) is 4.79 Å². The molecule has 1 aliphatic heterocycles. The highest BCUT2D eigenvalue weighted by Crippen LogP contribution is 1.93. The second-order valence-corrected chi connectivity index (χ2v) is 2.27. The summed E-state index contributed by atoms with van der Waals surface area (Å²) in [5, 5.41) is 5.64. The van der Waals surface area contributed by atoms with Crippen LogP contribution in [0.1, 0.15) is 13.3 Å². The zero-order chi connectivity index (χ0) is 6.85. The Labute approximate surface area is 64.8 Å². The minimum absolute atomic E-state index is 0. The molecule has 2 atom stereocenters. The molecule has 0 saturated carbocycles. The Balaban J connectivity index is 0. The molecule has 0 aliphatic carbocycles. The van der Waals surface area contributed by atoms with Gasteiger partial charge < -0.3 is 22.0 Å². The lowest BCUT2D eigenvalue weighted by molar-refractivity contribution is -0.124. The Hall–Kier alpha value is -0.690.